The highest BCUT2D eigenvalue weighted by Gasteiger charge is 2.37. The van der Waals surface area contributed by atoms with E-state index in [0.29, 0.717) is 24.2 Å². The fraction of sp³-hybridized carbons (Fsp3) is 0.462. The van der Waals surface area contributed by atoms with Crippen LogP contribution in [0.3, 0.4) is 0 Å². The Morgan fingerprint density at radius 2 is 2.15 bits per heavy atom. The third-order valence-corrected chi connectivity index (χ3v) is 5.52. The third-order valence-electron chi connectivity index (χ3n) is 3.47. The van der Waals surface area contributed by atoms with E-state index < -0.39 is 16.1 Å². The average Bonchev–Trinajstić information content (AvgIpc) is 2.41. The van der Waals surface area contributed by atoms with Crippen LogP contribution in [0.4, 0.5) is 5.69 Å². The maximum absolute atomic E-state index is 12.8. The molecule has 0 saturated carbocycles. The second kappa shape index (κ2) is 5.41. The summed E-state index contributed by atoms with van der Waals surface area (Å²) in [7, 11) is -3.72. The molecule has 0 aromatic heterocycles. The molecule has 6 nitrogen and oxygen atoms in total. The lowest BCUT2D eigenvalue weighted by Crippen LogP contribution is -2.56. The molecule has 1 aliphatic heterocycles. The summed E-state index contributed by atoms with van der Waals surface area (Å²) in [5.41, 5.74) is 6.70. The maximum atomic E-state index is 12.8. The first-order chi connectivity index (χ1) is 9.37. The van der Waals surface area contributed by atoms with Gasteiger partial charge in [0.1, 0.15) is 6.04 Å². The van der Waals surface area contributed by atoms with E-state index in [1.807, 2.05) is 0 Å². The summed E-state index contributed by atoms with van der Waals surface area (Å²) in [4.78, 5) is 12.0. The maximum Gasteiger partial charge on any atom is 0.244 e. The normalized spacial score (nSPS) is 20.7. The number of amides is 1. The SMILES string of the molecule is CCC1C(=O)NCCN1S(=O)(=O)c1cc(N)ccc1C. The van der Waals surface area contributed by atoms with E-state index in [4.69, 9.17) is 5.73 Å². The molecule has 2 rings (SSSR count). The quantitative estimate of drug-likeness (QED) is 0.794. The molecule has 7 heteroatoms. The van der Waals surface area contributed by atoms with Crippen LogP contribution in [0.25, 0.3) is 0 Å². The molecule has 3 N–H and O–H groups in total. The van der Waals surface area contributed by atoms with Crippen LogP contribution in [0.1, 0.15) is 18.9 Å². The van der Waals surface area contributed by atoms with Crippen LogP contribution in [0.5, 0.6) is 0 Å². The van der Waals surface area contributed by atoms with Gasteiger partial charge in [0, 0.05) is 18.8 Å². The van der Waals surface area contributed by atoms with E-state index in [9.17, 15) is 13.2 Å². The topological polar surface area (TPSA) is 92.5 Å². The number of anilines is 1. The molecule has 110 valence electrons. The van der Waals surface area contributed by atoms with Gasteiger partial charge in [-0.15, -0.1) is 0 Å². The fourth-order valence-corrected chi connectivity index (χ4v) is 4.32. The van der Waals surface area contributed by atoms with Crippen molar-refractivity contribution in [2.24, 2.45) is 0 Å². The molecule has 1 atom stereocenters. The summed E-state index contributed by atoms with van der Waals surface area (Å²) in [6.07, 6.45) is 0.437. The molecular weight excluding hydrogens is 278 g/mol. The predicted octanol–water partition coefficient (Wildman–Crippen LogP) is 0.476. The highest BCUT2D eigenvalue weighted by molar-refractivity contribution is 7.89. The first-order valence-corrected chi connectivity index (χ1v) is 7.97. The molecule has 1 heterocycles. The zero-order chi connectivity index (χ0) is 14.9. The molecule has 0 radical (unpaired) electrons. The number of piperazine rings is 1. The van der Waals surface area contributed by atoms with Gasteiger partial charge in [0.2, 0.25) is 15.9 Å². The molecule has 1 fully saturated rings. The number of rotatable bonds is 3. The largest absolute Gasteiger partial charge is 0.399 e. The van der Waals surface area contributed by atoms with Crippen LogP contribution >= 0.6 is 0 Å². The van der Waals surface area contributed by atoms with E-state index in [1.54, 1.807) is 26.0 Å². The van der Waals surface area contributed by atoms with Crippen molar-refractivity contribution in [2.45, 2.75) is 31.2 Å². The molecular formula is C13H19N3O3S. The molecule has 1 aromatic carbocycles. The van der Waals surface area contributed by atoms with Gasteiger partial charge >= 0.3 is 0 Å². The van der Waals surface area contributed by atoms with Gasteiger partial charge in [0.25, 0.3) is 0 Å². The summed E-state index contributed by atoms with van der Waals surface area (Å²) in [6.45, 7) is 4.12. The number of nitrogen functional groups attached to an aromatic ring is 1. The van der Waals surface area contributed by atoms with Gasteiger partial charge in [-0.05, 0) is 31.0 Å². The standard InChI is InChI=1S/C13H19N3O3S/c1-3-11-13(17)15-6-7-16(11)20(18,19)12-8-10(14)5-4-9(12)2/h4-5,8,11H,3,6-7,14H2,1-2H3,(H,15,17). The Morgan fingerprint density at radius 3 is 2.80 bits per heavy atom. The van der Waals surface area contributed by atoms with E-state index in [-0.39, 0.29) is 17.3 Å². The summed E-state index contributed by atoms with van der Waals surface area (Å²) < 4.78 is 26.8. The van der Waals surface area contributed by atoms with Gasteiger partial charge in [-0.3, -0.25) is 4.79 Å². The van der Waals surface area contributed by atoms with Gasteiger partial charge in [0.15, 0.2) is 0 Å². The van der Waals surface area contributed by atoms with Crippen LogP contribution in [0, 0.1) is 6.92 Å². The smallest absolute Gasteiger partial charge is 0.244 e. The van der Waals surface area contributed by atoms with Crippen molar-refractivity contribution in [2.75, 3.05) is 18.8 Å². The van der Waals surface area contributed by atoms with E-state index >= 15 is 0 Å². The lowest BCUT2D eigenvalue weighted by Gasteiger charge is -2.33. The summed E-state index contributed by atoms with van der Waals surface area (Å²) in [6, 6.07) is 4.13. The second-order valence-electron chi connectivity index (χ2n) is 4.86. The number of nitrogens with zero attached hydrogens (tertiary/aromatic N) is 1. The highest BCUT2D eigenvalue weighted by atomic mass is 32.2. The van der Waals surface area contributed by atoms with Crippen molar-refractivity contribution in [3.8, 4) is 0 Å². The molecule has 0 spiro atoms. The van der Waals surface area contributed by atoms with Crippen LogP contribution < -0.4 is 11.1 Å². The van der Waals surface area contributed by atoms with E-state index in [2.05, 4.69) is 5.32 Å². The number of benzene rings is 1. The minimum Gasteiger partial charge on any atom is -0.399 e. The summed E-state index contributed by atoms with van der Waals surface area (Å²) in [5.74, 6) is -0.246. The van der Waals surface area contributed by atoms with E-state index in [0.717, 1.165) is 0 Å². The van der Waals surface area contributed by atoms with Gasteiger partial charge < -0.3 is 11.1 Å². The number of nitrogens with one attached hydrogen (secondary N) is 1. The Labute approximate surface area is 119 Å². The molecule has 1 unspecified atom stereocenters. The van der Waals surface area contributed by atoms with Crippen LogP contribution in [0.2, 0.25) is 0 Å². The van der Waals surface area contributed by atoms with Crippen LogP contribution in [-0.2, 0) is 14.8 Å². The number of carbonyl (C=O) groups is 1. The minimum absolute atomic E-state index is 0.172. The highest BCUT2D eigenvalue weighted by Crippen LogP contribution is 2.25. The Hall–Kier alpha value is -1.60. The zero-order valence-corrected chi connectivity index (χ0v) is 12.4. The first kappa shape index (κ1) is 14.8. The lowest BCUT2D eigenvalue weighted by atomic mass is 10.2. The van der Waals surface area contributed by atoms with Crippen LogP contribution in [0.15, 0.2) is 23.1 Å². The number of nitrogens with two attached hydrogens (primary N) is 1. The Balaban J connectivity index is 2.48. The van der Waals surface area contributed by atoms with Crippen molar-refractivity contribution >= 4 is 21.6 Å². The zero-order valence-electron chi connectivity index (χ0n) is 11.6. The summed E-state index contributed by atoms with van der Waals surface area (Å²) in [5, 5.41) is 2.69. The molecule has 1 amide bonds. The van der Waals surface area contributed by atoms with Gasteiger partial charge in [-0.2, -0.15) is 4.31 Å². The predicted molar refractivity (Wildman–Crippen MR) is 76.6 cm³/mol. The van der Waals surface area contributed by atoms with Gasteiger partial charge in [0.05, 0.1) is 4.90 Å². The van der Waals surface area contributed by atoms with E-state index in [1.165, 1.54) is 10.4 Å². The van der Waals surface area contributed by atoms with Gasteiger partial charge in [-0.1, -0.05) is 13.0 Å². The molecule has 1 aliphatic rings. The fourth-order valence-electron chi connectivity index (χ4n) is 2.39. The van der Waals surface area contributed by atoms with Crippen molar-refractivity contribution in [3.63, 3.8) is 0 Å². The molecule has 1 aromatic rings. The number of sulfonamides is 1. The molecule has 1 saturated heterocycles. The number of hydrogen-bond acceptors (Lipinski definition) is 4. The molecule has 0 aliphatic carbocycles. The number of carbonyl (C=O) groups excluding carboxylic acids is 1. The Morgan fingerprint density at radius 1 is 1.45 bits per heavy atom. The van der Waals surface area contributed by atoms with Crippen molar-refractivity contribution in [1.29, 1.82) is 0 Å². The average molecular weight is 297 g/mol. The third kappa shape index (κ3) is 2.51. The Bertz CT molecular complexity index is 628. The number of aryl methyl sites for hydroxylation is 1. The minimum atomic E-state index is -3.72. The van der Waals surface area contributed by atoms with Crippen LogP contribution in [-0.4, -0.2) is 37.8 Å². The van der Waals surface area contributed by atoms with Crippen molar-refractivity contribution < 1.29 is 13.2 Å². The van der Waals surface area contributed by atoms with Gasteiger partial charge in [-0.25, -0.2) is 8.42 Å². The number of hydrogen-bond donors (Lipinski definition) is 2. The lowest BCUT2D eigenvalue weighted by molar-refractivity contribution is -0.126. The first-order valence-electron chi connectivity index (χ1n) is 6.53. The Kier molecular flexibility index (Phi) is 4.01. The second-order valence-corrected chi connectivity index (χ2v) is 6.71. The van der Waals surface area contributed by atoms with Crippen molar-refractivity contribution in [1.82, 2.24) is 9.62 Å². The van der Waals surface area contributed by atoms with Crippen molar-refractivity contribution in [3.05, 3.63) is 23.8 Å². The molecule has 20 heavy (non-hydrogen) atoms. The summed E-state index contributed by atoms with van der Waals surface area (Å²) >= 11 is 0. The monoisotopic (exact) mass is 297 g/mol. The molecule has 0 bridgehead atoms.